The first-order valence-electron chi connectivity index (χ1n) is 7.81. The van der Waals surface area contributed by atoms with E-state index >= 15 is 0 Å². The molecule has 2 saturated heterocycles. The Morgan fingerprint density at radius 2 is 1.94 bits per heavy atom. The molecular formula is C15H30N2O. The fourth-order valence-corrected chi connectivity index (χ4v) is 3.35. The third-order valence-electron chi connectivity index (χ3n) is 5.21. The van der Waals surface area contributed by atoms with Gasteiger partial charge in [-0.3, -0.25) is 0 Å². The molecule has 3 heteroatoms. The first kappa shape index (κ1) is 14.3. The summed E-state index contributed by atoms with van der Waals surface area (Å²) in [5, 5.41) is 3.55. The van der Waals surface area contributed by atoms with Crippen molar-refractivity contribution in [3.63, 3.8) is 0 Å². The van der Waals surface area contributed by atoms with Gasteiger partial charge in [-0.1, -0.05) is 26.7 Å². The Morgan fingerprint density at radius 1 is 1.22 bits per heavy atom. The Hall–Kier alpha value is -0.120. The maximum atomic E-state index is 5.51. The van der Waals surface area contributed by atoms with Gasteiger partial charge < -0.3 is 15.0 Å². The molecule has 0 aliphatic carbocycles. The molecular weight excluding hydrogens is 224 g/mol. The van der Waals surface area contributed by atoms with E-state index in [1.54, 1.807) is 0 Å². The number of rotatable bonds is 5. The summed E-state index contributed by atoms with van der Waals surface area (Å²) in [6.07, 6.45) is 6.75. The summed E-state index contributed by atoms with van der Waals surface area (Å²) in [4.78, 5) is 2.65. The third kappa shape index (κ3) is 3.69. The van der Waals surface area contributed by atoms with Crippen LogP contribution in [0.1, 0.15) is 46.0 Å². The monoisotopic (exact) mass is 254 g/mol. The van der Waals surface area contributed by atoms with Crippen molar-refractivity contribution in [3.8, 4) is 0 Å². The minimum absolute atomic E-state index is 0.586. The fourth-order valence-electron chi connectivity index (χ4n) is 3.35. The number of piperidine rings is 1. The lowest BCUT2D eigenvalue weighted by atomic mass is 9.74. The molecule has 2 heterocycles. The number of hydrogen-bond donors (Lipinski definition) is 1. The molecule has 0 aromatic rings. The third-order valence-corrected chi connectivity index (χ3v) is 5.21. The van der Waals surface area contributed by atoms with E-state index in [4.69, 9.17) is 4.74 Å². The van der Waals surface area contributed by atoms with Gasteiger partial charge in [-0.05, 0) is 44.3 Å². The highest BCUT2D eigenvalue weighted by Crippen LogP contribution is 2.37. The highest BCUT2D eigenvalue weighted by atomic mass is 16.5. The summed E-state index contributed by atoms with van der Waals surface area (Å²) in [6, 6.07) is 0.586. The Kier molecular flexibility index (Phi) is 5.46. The molecule has 0 radical (unpaired) electrons. The SMILES string of the molecule is CCC1(CC)CCN(CCC2COCCN2)CC1. The van der Waals surface area contributed by atoms with Crippen LogP contribution in [0.25, 0.3) is 0 Å². The van der Waals surface area contributed by atoms with Gasteiger partial charge in [0.05, 0.1) is 13.2 Å². The molecule has 0 aromatic carbocycles. The van der Waals surface area contributed by atoms with Gasteiger partial charge >= 0.3 is 0 Å². The maximum absolute atomic E-state index is 5.51. The van der Waals surface area contributed by atoms with Crippen LogP contribution in [0, 0.1) is 5.41 Å². The predicted octanol–water partition coefficient (Wildman–Crippen LogP) is 2.27. The second kappa shape index (κ2) is 6.88. The number of likely N-dealkylation sites (tertiary alicyclic amines) is 1. The minimum Gasteiger partial charge on any atom is -0.379 e. The molecule has 2 aliphatic heterocycles. The van der Waals surface area contributed by atoms with Crippen LogP contribution >= 0.6 is 0 Å². The van der Waals surface area contributed by atoms with E-state index in [9.17, 15) is 0 Å². The van der Waals surface area contributed by atoms with E-state index in [0.717, 1.165) is 19.8 Å². The molecule has 3 nitrogen and oxygen atoms in total. The summed E-state index contributed by atoms with van der Waals surface area (Å²) in [5.74, 6) is 0. The van der Waals surface area contributed by atoms with Gasteiger partial charge in [-0.15, -0.1) is 0 Å². The Bertz CT molecular complexity index is 225. The Labute approximate surface area is 112 Å². The highest BCUT2D eigenvalue weighted by molar-refractivity contribution is 4.84. The molecule has 106 valence electrons. The lowest BCUT2D eigenvalue weighted by molar-refractivity contribution is 0.0594. The molecule has 2 rings (SSSR count). The second-order valence-electron chi connectivity index (χ2n) is 6.06. The van der Waals surface area contributed by atoms with Crippen molar-refractivity contribution in [1.29, 1.82) is 0 Å². The van der Waals surface area contributed by atoms with Crippen molar-refractivity contribution in [2.24, 2.45) is 5.41 Å². The van der Waals surface area contributed by atoms with Crippen LogP contribution in [0.15, 0.2) is 0 Å². The quantitative estimate of drug-likeness (QED) is 0.814. The van der Waals surface area contributed by atoms with Crippen LogP contribution in [0.5, 0.6) is 0 Å². The number of ether oxygens (including phenoxy) is 1. The molecule has 0 saturated carbocycles. The standard InChI is InChI=1S/C15H30N2O/c1-3-15(4-2)6-10-17(11-7-15)9-5-14-13-18-12-8-16-14/h14,16H,3-13H2,1-2H3. The van der Waals surface area contributed by atoms with Crippen molar-refractivity contribution >= 4 is 0 Å². The first-order chi connectivity index (χ1) is 8.78. The van der Waals surface area contributed by atoms with Gasteiger partial charge in [-0.25, -0.2) is 0 Å². The van der Waals surface area contributed by atoms with Crippen molar-refractivity contribution in [3.05, 3.63) is 0 Å². The van der Waals surface area contributed by atoms with E-state index in [1.165, 1.54) is 51.7 Å². The number of morpholine rings is 1. The van der Waals surface area contributed by atoms with Gasteiger partial charge in [0.15, 0.2) is 0 Å². The van der Waals surface area contributed by atoms with Gasteiger partial charge in [0, 0.05) is 12.6 Å². The molecule has 1 unspecified atom stereocenters. The van der Waals surface area contributed by atoms with Gasteiger partial charge in [0.1, 0.15) is 0 Å². The van der Waals surface area contributed by atoms with Crippen LogP contribution < -0.4 is 5.32 Å². The number of nitrogens with zero attached hydrogens (tertiary/aromatic N) is 1. The summed E-state index contributed by atoms with van der Waals surface area (Å²) in [7, 11) is 0. The lowest BCUT2D eigenvalue weighted by Crippen LogP contribution is -2.45. The summed E-state index contributed by atoms with van der Waals surface area (Å²) >= 11 is 0. The first-order valence-corrected chi connectivity index (χ1v) is 7.81. The summed E-state index contributed by atoms with van der Waals surface area (Å²) in [6.45, 7) is 11.4. The van der Waals surface area contributed by atoms with Gasteiger partial charge in [-0.2, -0.15) is 0 Å². The van der Waals surface area contributed by atoms with Crippen LogP contribution in [-0.2, 0) is 4.74 Å². The maximum Gasteiger partial charge on any atom is 0.0620 e. The highest BCUT2D eigenvalue weighted by Gasteiger charge is 2.31. The molecule has 0 aromatic heterocycles. The summed E-state index contributed by atoms with van der Waals surface area (Å²) < 4.78 is 5.51. The molecule has 0 spiro atoms. The molecule has 1 N–H and O–H groups in total. The van der Waals surface area contributed by atoms with E-state index in [-0.39, 0.29) is 0 Å². The zero-order valence-corrected chi connectivity index (χ0v) is 12.2. The predicted molar refractivity (Wildman–Crippen MR) is 75.9 cm³/mol. The van der Waals surface area contributed by atoms with E-state index in [0.29, 0.717) is 11.5 Å². The largest absolute Gasteiger partial charge is 0.379 e. The van der Waals surface area contributed by atoms with E-state index in [1.807, 2.05) is 0 Å². The van der Waals surface area contributed by atoms with Gasteiger partial charge in [0.25, 0.3) is 0 Å². The minimum atomic E-state index is 0.586. The normalized spacial score (nSPS) is 29.3. The topological polar surface area (TPSA) is 24.5 Å². The van der Waals surface area contributed by atoms with Crippen molar-refractivity contribution < 1.29 is 4.74 Å². The van der Waals surface area contributed by atoms with E-state index in [2.05, 4.69) is 24.1 Å². The number of nitrogens with one attached hydrogen (secondary N) is 1. The molecule has 2 fully saturated rings. The summed E-state index contributed by atoms with van der Waals surface area (Å²) in [5.41, 5.74) is 0.655. The molecule has 0 bridgehead atoms. The van der Waals surface area contributed by atoms with Crippen LogP contribution in [0.2, 0.25) is 0 Å². The lowest BCUT2D eigenvalue weighted by Gasteiger charge is -2.41. The molecule has 18 heavy (non-hydrogen) atoms. The fraction of sp³-hybridized carbons (Fsp3) is 1.00. The van der Waals surface area contributed by atoms with E-state index < -0.39 is 0 Å². The Morgan fingerprint density at radius 3 is 2.50 bits per heavy atom. The van der Waals surface area contributed by atoms with Crippen molar-refractivity contribution in [1.82, 2.24) is 10.2 Å². The van der Waals surface area contributed by atoms with Crippen molar-refractivity contribution in [2.75, 3.05) is 39.4 Å². The number of hydrogen-bond acceptors (Lipinski definition) is 3. The smallest absolute Gasteiger partial charge is 0.0620 e. The zero-order valence-electron chi connectivity index (χ0n) is 12.2. The van der Waals surface area contributed by atoms with Crippen LogP contribution in [-0.4, -0.2) is 50.3 Å². The molecule has 0 amide bonds. The van der Waals surface area contributed by atoms with Gasteiger partial charge in [0.2, 0.25) is 0 Å². The van der Waals surface area contributed by atoms with Crippen LogP contribution in [0.4, 0.5) is 0 Å². The Balaban J connectivity index is 1.66. The average Bonchev–Trinajstić information content (AvgIpc) is 2.47. The molecule has 2 aliphatic rings. The van der Waals surface area contributed by atoms with Crippen molar-refractivity contribution in [2.45, 2.75) is 52.0 Å². The molecule has 1 atom stereocenters. The second-order valence-corrected chi connectivity index (χ2v) is 6.06. The zero-order chi connectivity index (χ0) is 12.8. The van der Waals surface area contributed by atoms with Crippen LogP contribution in [0.3, 0.4) is 0 Å². The average molecular weight is 254 g/mol.